The normalized spacial score (nSPS) is 17.3. The summed E-state index contributed by atoms with van der Waals surface area (Å²) in [5.74, 6) is -1.53. The summed E-state index contributed by atoms with van der Waals surface area (Å²) in [6.45, 7) is 10.9. The minimum atomic E-state index is -0.975. The van der Waals surface area contributed by atoms with Gasteiger partial charge in [0.05, 0.1) is 21.0 Å². The van der Waals surface area contributed by atoms with Gasteiger partial charge in [-0.25, -0.2) is 17.7 Å². The Morgan fingerprint density at radius 2 is 1.61 bits per heavy atom. The van der Waals surface area contributed by atoms with E-state index in [4.69, 9.17) is 23.2 Å². The van der Waals surface area contributed by atoms with Crippen LogP contribution < -0.4 is 20.7 Å². The van der Waals surface area contributed by atoms with Gasteiger partial charge < -0.3 is 16.0 Å². The minimum Gasteiger partial charge on any atom is -0.357 e. The zero-order valence-corrected chi connectivity index (χ0v) is 24.5. The highest BCUT2D eigenvalue weighted by Crippen LogP contribution is 2.42. The molecule has 38 heavy (non-hydrogen) atoms. The Hall–Kier alpha value is -2.11. The molecule has 2 aromatic rings. The van der Waals surface area contributed by atoms with E-state index in [1.54, 1.807) is 18.4 Å². The third kappa shape index (κ3) is 12.2. The maximum absolute atomic E-state index is 14.4. The highest BCUT2D eigenvalue weighted by atomic mass is 35.5. The van der Waals surface area contributed by atoms with E-state index >= 15 is 0 Å². The molecule has 0 radical (unpaired) electrons. The molecule has 7 nitrogen and oxygen atoms in total. The first kappa shape index (κ1) is 33.9. The fraction of sp³-hybridized carbons (Fsp3) is 0.462. The van der Waals surface area contributed by atoms with Crippen molar-refractivity contribution in [2.45, 2.75) is 39.5 Å². The Morgan fingerprint density at radius 3 is 2.16 bits per heavy atom. The van der Waals surface area contributed by atoms with Gasteiger partial charge >= 0.3 is 0 Å². The van der Waals surface area contributed by atoms with Crippen LogP contribution in [-0.4, -0.2) is 49.5 Å². The molecule has 1 saturated heterocycles. The van der Waals surface area contributed by atoms with E-state index in [0.717, 1.165) is 0 Å². The molecule has 1 heterocycles. The fourth-order valence-electron chi connectivity index (χ4n) is 3.52. The maximum Gasteiger partial charge on any atom is 0.211 e. The number of nitrogens with one attached hydrogen (secondary N) is 4. The second kappa shape index (κ2) is 16.8. The van der Waals surface area contributed by atoms with Crippen molar-refractivity contribution in [2.24, 2.45) is 5.41 Å². The summed E-state index contributed by atoms with van der Waals surface area (Å²) in [7, 11) is -0.975. The Labute approximate surface area is 236 Å². The molecule has 1 fully saturated rings. The summed E-state index contributed by atoms with van der Waals surface area (Å²) in [5.41, 5.74) is 1.95. The van der Waals surface area contributed by atoms with Gasteiger partial charge in [-0.15, -0.1) is 0 Å². The van der Waals surface area contributed by atoms with Gasteiger partial charge in [0.25, 0.3) is 0 Å². The highest BCUT2D eigenvalue weighted by Gasteiger charge is 2.34. The summed E-state index contributed by atoms with van der Waals surface area (Å²) in [6, 6.07) is 7.50. The first-order chi connectivity index (χ1) is 17.8. The smallest absolute Gasteiger partial charge is 0.211 e. The van der Waals surface area contributed by atoms with Gasteiger partial charge in [-0.05, 0) is 34.7 Å². The van der Waals surface area contributed by atoms with Crippen molar-refractivity contribution in [3.63, 3.8) is 0 Å². The van der Waals surface area contributed by atoms with E-state index < -0.39 is 22.6 Å². The van der Waals surface area contributed by atoms with Gasteiger partial charge in [0.2, 0.25) is 12.8 Å². The van der Waals surface area contributed by atoms with Gasteiger partial charge in [-0.3, -0.25) is 9.59 Å². The largest absolute Gasteiger partial charge is 0.357 e. The summed E-state index contributed by atoms with van der Waals surface area (Å²) >= 11 is 11.7. The molecular formula is C26H36Cl2F2N4O3S. The lowest BCUT2D eigenvalue weighted by atomic mass is 9.83. The number of carbonyl (C=O) groups is 2. The van der Waals surface area contributed by atoms with Gasteiger partial charge in [0.1, 0.15) is 11.6 Å². The van der Waals surface area contributed by atoms with E-state index in [0.29, 0.717) is 61.2 Å². The molecule has 12 heteroatoms. The first-order valence-corrected chi connectivity index (χ1v) is 14.2. The van der Waals surface area contributed by atoms with E-state index in [1.807, 2.05) is 0 Å². The van der Waals surface area contributed by atoms with Crippen LogP contribution in [0.25, 0.3) is 0 Å². The van der Waals surface area contributed by atoms with Crippen molar-refractivity contribution in [3.8, 4) is 0 Å². The van der Waals surface area contributed by atoms with Crippen LogP contribution in [0.1, 0.15) is 50.7 Å². The van der Waals surface area contributed by atoms with E-state index in [9.17, 15) is 22.6 Å². The molecule has 2 aromatic carbocycles. The summed E-state index contributed by atoms with van der Waals surface area (Å²) in [6.07, 6.45) is 2.66. The van der Waals surface area contributed by atoms with Crippen molar-refractivity contribution in [2.75, 3.05) is 37.8 Å². The van der Waals surface area contributed by atoms with E-state index in [-0.39, 0.29) is 21.9 Å². The van der Waals surface area contributed by atoms with Gasteiger partial charge in [0, 0.05) is 50.0 Å². The SMILES string of the molecule is CC(C)(C)C.CS(=O)NCCNC=O.O=CNc1cc(Cl)c(F)cc1C1CNCC1c1cccc(Cl)c1F. The van der Waals surface area contributed by atoms with Crippen molar-refractivity contribution >= 4 is 52.7 Å². The molecule has 4 N–H and O–H groups in total. The molecule has 0 aromatic heterocycles. The lowest BCUT2D eigenvalue weighted by molar-refractivity contribution is -0.109. The Balaban J connectivity index is 0.000000428. The summed E-state index contributed by atoms with van der Waals surface area (Å²) < 4.78 is 41.3. The fourth-order valence-corrected chi connectivity index (χ4v) is 4.26. The second-order valence-corrected chi connectivity index (χ2v) is 12.1. The molecule has 0 bridgehead atoms. The first-order valence-electron chi connectivity index (χ1n) is 11.9. The lowest BCUT2D eigenvalue weighted by Crippen LogP contribution is -2.27. The summed E-state index contributed by atoms with van der Waals surface area (Å²) in [5, 5.41) is 8.12. The standard InChI is InChI=1S/C17H14Cl2F2N2O.C5H12.C4H10N2O2S/c18-13-3-1-2-9(17(13)21)11-6-22-7-12(11)10-4-15(20)14(19)5-16(10)23-8-24;1-5(2,3)4;1-9(8)6-3-2-5-4-7/h1-5,8,11-12,22H,6-7H2,(H,23,24);1-4H3;4,6H,2-3H2,1H3,(H,5,7). The minimum absolute atomic E-state index is 0.0478. The topological polar surface area (TPSA) is 99.3 Å². The van der Waals surface area contributed by atoms with Crippen LogP contribution in [0.15, 0.2) is 30.3 Å². The van der Waals surface area contributed by atoms with Crippen molar-refractivity contribution in [1.82, 2.24) is 15.4 Å². The van der Waals surface area contributed by atoms with Crippen molar-refractivity contribution < 1.29 is 22.6 Å². The monoisotopic (exact) mass is 592 g/mol. The molecular weight excluding hydrogens is 557 g/mol. The van der Waals surface area contributed by atoms with Gasteiger partial charge in [0.15, 0.2) is 0 Å². The van der Waals surface area contributed by atoms with Gasteiger partial charge in [-0.1, -0.05) is 63.0 Å². The van der Waals surface area contributed by atoms with Crippen LogP contribution in [0.5, 0.6) is 0 Å². The molecule has 3 unspecified atom stereocenters. The molecule has 3 atom stereocenters. The number of amides is 2. The predicted octanol–water partition coefficient (Wildman–Crippen LogP) is 4.98. The number of hydrogen-bond acceptors (Lipinski definition) is 4. The average molecular weight is 594 g/mol. The number of benzene rings is 2. The van der Waals surface area contributed by atoms with Crippen LogP contribution in [-0.2, 0) is 20.6 Å². The number of halogens is 4. The zero-order valence-electron chi connectivity index (χ0n) is 22.2. The average Bonchev–Trinajstić information content (AvgIpc) is 3.30. The molecule has 0 spiro atoms. The van der Waals surface area contributed by atoms with Gasteiger partial charge in [-0.2, -0.15) is 0 Å². The third-order valence-electron chi connectivity index (χ3n) is 4.96. The number of hydrogen-bond donors (Lipinski definition) is 4. The van der Waals surface area contributed by atoms with Crippen molar-refractivity contribution in [1.29, 1.82) is 0 Å². The molecule has 3 rings (SSSR count). The van der Waals surface area contributed by atoms with E-state index in [2.05, 4.69) is 48.4 Å². The van der Waals surface area contributed by atoms with Crippen LogP contribution in [0.2, 0.25) is 10.0 Å². The van der Waals surface area contributed by atoms with E-state index in [1.165, 1.54) is 18.2 Å². The predicted molar refractivity (Wildman–Crippen MR) is 152 cm³/mol. The Bertz CT molecular complexity index is 1080. The van der Waals surface area contributed by atoms with Crippen LogP contribution in [0.3, 0.4) is 0 Å². The number of rotatable bonds is 9. The van der Waals surface area contributed by atoms with Crippen LogP contribution in [0, 0.1) is 17.0 Å². The zero-order chi connectivity index (χ0) is 28.9. The third-order valence-corrected chi connectivity index (χ3v) is 6.15. The Morgan fingerprint density at radius 1 is 1.00 bits per heavy atom. The highest BCUT2D eigenvalue weighted by molar-refractivity contribution is 7.82. The quantitative estimate of drug-likeness (QED) is 0.244. The Kier molecular flexibility index (Phi) is 15.0. The molecule has 212 valence electrons. The summed E-state index contributed by atoms with van der Waals surface area (Å²) in [4.78, 5) is 20.5. The number of anilines is 1. The molecule has 1 aliphatic rings. The van der Waals surface area contributed by atoms with Crippen molar-refractivity contribution in [3.05, 3.63) is 63.1 Å². The van der Waals surface area contributed by atoms with Crippen LogP contribution in [0.4, 0.5) is 14.5 Å². The molecule has 1 aliphatic heterocycles. The second-order valence-electron chi connectivity index (χ2n) is 10.1. The molecule has 0 aliphatic carbocycles. The maximum atomic E-state index is 14.4. The van der Waals surface area contributed by atoms with Crippen LogP contribution >= 0.6 is 23.2 Å². The molecule has 2 amide bonds. The number of carbonyl (C=O) groups excluding carboxylic acids is 2. The molecule has 0 saturated carbocycles. The lowest BCUT2D eigenvalue weighted by Gasteiger charge is -2.23.